The van der Waals surface area contributed by atoms with E-state index in [0.29, 0.717) is 47.2 Å². The molecule has 0 unspecified atom stereocenters. The van der Waals surface area contributed by atoms with E-state index in [1.807, 2.05) is 73.7 Å². The number of aryl methyl sites for hydroxylation is 3. The van der Waals surface area contributed by atoms with Gasteiger partial charge in [-0.25, -0.2) is 4.98 Å². The second kappa shape index (κ2) is 15.7. The van der Waals surface area contributed by atoms with Crippen molar-refractivity contribution >= 4 is 46.9 Å². The molecule has 1 atom stereocenters. The molecular formula is C41H42N8O5. The first-order valence-corrected chi connectivity index (χ1v) is 18.1. The Morgan fingerprint density at radius 3 is 2.52 bits per heavy atom. The number of nitrogens with one attached hydrogen (secondary N) is 2. The number of aliphatic imine (C=N–C) groups is 1. The lowest BCUT2D eigenvalue weighted by molar-refractivity contribution is -0.116. The highest BCUT2D eigenvalue weighted by Crippen LogP contribution is 2.34. The van der Waals surface area contributed by atoms with Gasteiger partial charge in [0.1, 0.15) is 11.4 Å². The molecule has 2 aromatic carbocycles. The SMILES string of the molecule is Cc1cc2c(cc1OCCCC(=O)Nc1cn(C)c(C(=O)Cc3ccc(-c4cc(C(=O)Nc5ccncc5)n(C)c4)cc3)n1)N=C[C@@H]1CCCCN1C2=O. The molecule has 0 radical (unpaired) electrons. The van der Waals surface area contributed by atoms with Gasteiger partial charge in [0.2, 0.25) is 11.7 Å². The average molecular weight is 727 g/mol. The van der Waals surface area contributed by atoms with Crippen LogP contribution in [0.2, 0.25) is 0 Å². The van der Waals surface area contributed by atoms with Crippen LogP contribution in [0.25, 0.3) is 11.1 Å². The number of nitrogens with zero attached hydrogens (tertiary/aromatic N) is 6. The van der Waals surface area contributed by atoms with Crippen molar-refractivity contribution in [2.75, 3.05) is 23.8 Å². The van der Waals surface area contributed by atoms with E-state index in [-0.39, 0.29) is 48.2 Å². The first-order valence-electron chi connectivity index (χ1n) is 18.1. The summed E-state index contributed by atoms with van der Waals surface area (Å²) in [5.74, 6) is 0.531. The predicted molar refractivity (Wildman–Crippen MR) is 206 cm³/mol. The molecule has 0 spiro atoms. The molecule has 0 aliphatic carbocycles. The molecular weight excluding hydrogens is 685 g/mol. The van der Waals surface area contributed by atoms with Gasteiger partial charge in [0.05, 0.1) is 23.9 Å². The summed E-state index contributed by atoms with van der Waals surface area (Å²) in [7, 11) is 3.54. The molecule has 13 heteroatoms. The summed E-state index contributed by atoms with van der Waals surface area (Å²) in [6.07, 6.45) is 12.4. The number of hydrogen-bond donors (Lipinski definition) is 2. The number of aromatic nitrogens is 4. The van der Waals surface area contributed by atoms with Gasteiger partial charge in [-0.05, 0) is 73.6 Å². The summed E-state index contributed by atoms with van der Waals surface area (Å²) in [4.78, 5) is 67.0. The fourth-order valence-electron chi connectivity index (χ4n) is 6.86. The van der Waals surface area contributed by atoms with E-state index in [1.165, 1.54) is 0 Å². The lowest BCUT2D eigenvalue weighted by Gasteiger charge is -2.32. The second-order valence-electron chi connectivity index (χ2n) is 13.7. The minimum atomic E-state index is -0.240. The van der Waals surface area contributed by atoms with E-state index in [0.717, 1.165) is 48.1 Å². The summed E-state index contributed by atoms with van der Waals surface area (Å²) >= 11 is 0. The molecule has 5 heterocycles. The van der Waals surface area contributed by atoms with Crippen molar-refractivity contribution < 1.29 is 23.9 Å². The Balaban J connectivity index is 0.892. The van der Waals surface area contributed by atoms with E-state index >= 15 is 0 Å². The predicted octanol–water partition coefficient (Wildman–Crippen LogP) is 6.32. The van der Waals surface area contributed by atoms with Crippen molar-refractivity contribution in [3.05, 3.63) is 108 Å². The molecule has 1 fully saturated rings. The van der Waals surface area contributed by atoms with Crippen molar-refractivity contribution in [1.29, 1.82) is 0 Å². The van der Waals surface area contributed by atoms with Gasteiger partial charge in [-0.15, -0.1) is 0 Å². The van der Waals surface area contributed by atoms with Gasteiger partial charge in [0.25, 0.3) is 11.8 Å². The molecule has 3 amide bonds. The van der Waals surface area contributed by atoms with Crippen LogP contribution in [0.15, 0.2) is 84.4 Å². The number of anilines is 2. The summed E-state index contributed by atoms with van der Waals surface area (Å²) in [6.45, 7) is 2.95. The number of pyridine rings is 1. The maximum atomic E-state index is 13.2. The van der Waals surface area contributed by atoms with Gasteiger partial charge in [-0.2, -0.15) is 0 Å². The number of carbonyl (C=O) groups excluding carboxylic acids is 4. The molecule has 7 rings (SSSR count). The third kappa shape index (κ3) is 7.99. The fraction of sp³-hybridized carbons (Fsp3) is 0.293. The fourth-order valence-corrected chi connectivity index (χ4v) is 6.86. The zero-order valence-electron chi connectivity index (χ0n) is 30.5. The number of piperidine rings is 1. The molecule has 2 N–H and O–H groups in total. The van der Waals surface area contributed by atoms with Gasteiger partial charge in [-0.3, -0.25) is 29.2 Å². The Bertz CT molecular complexity index is 2240. The molecule has 5 aromatic rings. The first kappa shape index (κ1) is 36.0. The van der Waals surface area contributed by atoms with E-state index in [4.69, 9.17) is 4.74 Å². The minimum absolute atomic E-state index is 0.0109. The molecule has 276 valence electrons. The molecule has 3 aromatic heterocycles. The van der Waals surface area contributed by atoms with Crippen LogP contribution >= 0.6 is 0 Å². The van der Waals surface area contributed by atoms with E-state index in [9.17, 15) is 19.2 Å². The summed E-state index contributed by atoms with van der Waals surface area (Å²) in [6, 6.07) is 16.6. The normalized spacial score (nSPS) is 14.9. The summed E-state index contributed by atoms with van der Waals surface area (Å²) in [5.41, 5.74) is 5.80. The Morgan fingerprint density at radius 1 is 0.926 bits per heavy atom. The molecule has 2 aliphatic heterocycles. The minimum Gasteiger partial charge on any atom is -0.493 e. The third-order valence-corrected chi connectivity index (χ3v) is 9.75. The maximum absolute atomic E-state index is 13.2. The van der Waals surface area contributed by atoms with Crippen molar-refractivity contribution in [3.63, 3.8) is 0 Å². The third-order valence-electron chi connectivity index (χ3n) is 9.75. The van der Waals surface area contributed by atoms with Crippen molar-refractivity contribution in [2.24, 2.45) is 19.1 Å². The van der Waals surface area contributed by atoms with E-state index in [1.54, 1.807) is 46.9 Å². The number of ether oxygens (including phenoxy) is 1. The summed E-state index contributed by atoms with van der Waals surface area (Å²) in [5, 5.41) is 5.66. The smallest absolute Gasteiger partial charge is 0.272 e. The van der Waals surface area contributed by atoms with E-state index < -0.39 is 0 Å². The zero-order valence-corrected chi connectivity index (χ0v) is 30.5. The highest BCUT2D eigenvalue weighted by molar-refractivity contribution is 6.04. The first-order chi connectivity index (χ1) is 26.1. The molecule has 0 bridgehead atoms. The number of rotatable bonds is 12. The van der Waals surface area contributed by atoms with Crippen LogP contribution in [0, 0.1) is 6.92 Å². The number of fused-ring (bicyclic) bond motifs is 2. The number of ketones is 1. The van der Waals surface area contributed by atoms with Crippen LogP contribution < -0.4 is 15.4 Å². The van der Waals surface area contributed by atoms with Crippen molar-refractivity contribution in [1.82, 2.24) is 24.0 Å². The topological polar surface area (TPSA) is 153 Å². The van der Waals surface area contributed by atoms with Crippen LogP contribution in [0.4, 0.5) is 17.2 Å². The van der Waals surface area contributed by atoms with Gasteiger partial charge >= 0.3 is 0 Å². The van der Waals surface area contributed by atoms with Gasteiger partial charge in [0, 0.05) is 81.8 Å². The quantitative estimate of drug-likeness (QED) is 0.113. The maximum Gasteiger partial charge on any atom is 0.272 e. The Morgan fingerprint density at radius 2 is 1.72 bits per heavy atom. The lowest BCUT2D eigenvalue weighted by Crippen LogP contribution is -2.43. The number of Topliss-reactive ketones (excluding diaryl/α,β-unsaturated/α-hetero) is 1. The van der Waals surface area contributed by atoms with Crippen LogP contribution in [0.3, 0.4) is 0 Å². The Labute approximate surface area is 313 Å². The number of carbonyl (C=O) groups is 4. The van der Waals surface area contributed by atoms with Crippen LogP contribution in [-0.4, -0.2) is 72.9 Å². The molecule has 1 saturated heterocycles. The van der Waals surface area contributed by atoms with Crippen LogP contribution in [0.5, 0.6) is 5.75 Å². The van der Waals surface area contributed by atoms with Crippen molar-refractivity contribution in [2.45, 2.75) is 51.5 Å². The number of amides is 3. The van der Waals surface area contributed by atoms with Crippen LogP contribution in [-0.2, 0) is 25.3 Å². The standard InChI is InChI=1S/C41H42N8O5/c1-26-19-32-33(43-23-31-7-4-5-17-49(31)41(32)53)22-36(26)54-18-6-8-38(51)45-37-25-48(3)39(46-37)35(50)20-27-9-11-28(12-10-27)29-21-34(47(2)24-29)40(52)44-30-13-15-42-16-14-30/h9-16,19,21-25,31H,4-8,17-18,20H2,1-3H3,(H,45,51)(H,42,44,52)/t31-/m0/s1. The Hall–Kier alpha value is -6.37. The highest BCUT2D eigenvalue weighted by atomic mass is 16.5. The number of benzene rings is 2. The van der Waals surface area contributed by atoms with Gasteiger partial charge < -0.3 is 29.4 Å². The lowest BCUT2D eigenvalue weighted by atomic mass is 10.0. The monoisotopic (exact) mass is 726 g/mol. The molecule has 0 saturated carbocycles. The number of imidazole rings is 1. The molecule has 54 heavy (non-hydrogen) atoms. The van der Waals surface area contributed by atoms with Gasteiger partial charge in [-0.1, -0.05) is 24.3 Å². The summed E-state index contributed by atoms with van der Waals surface area (Å²) < 4.78 is 9.40. The second-order valence-corrected chi connectivity index (χ2v) is 13.7. The zero-order chi connectivity index (χ0) is 37.8. The van der Waals surface area contributed by atoms with Crippen LogP contribution in [0.1, 0.15) is 74.7 Å². The van der Waals surface area contributed by atoms with Gasteiger partial charge in [0.15, 0.2) is 11.6 Å². The van der Waals surface area contributed by atoms with Crippen molar-refractivity contribution in [3.8, 4) is 16.9 Å². The average Bonchev–Trinajstić information content (AvgIpc) is 3.71. The van der Waals surface area contributed by atoms with E-state index in [2.05, 4.69) is 25.6 Å². The number of hydrogen-bond acceptors (Lipinski definition) is 8. The Kier molecular flexibility index (Phi) is 10.5. The highest BCUT2D eigenvalue weighted by Gasteiger charge is 2.30. The molecule has 13 nitrogen and oxygen atoms in total. The molecule has 2 aliphatic rings. The largest absolute Gasteiger partial charge is 0.493 e.